The first-order chi connectivity index (χ1) is 13.7. The summed E-state index contributed by atoms with van der Waals surface area (Å²) in [5.74, 6) is 1.99. The van der Waals surface area contributed by atoms with Crippen molar-refractivity contribution in [3.8, 4) is 12.3 Å². The van der Waals surface area contributed by atoms with Crippen LogP contribution in [0.25, 0.3) is 0 Å². The standard InChI is InChI=1S/C22H33F3N2O2/c1-5-7-9-13-26(4)20-11-14-27(15-12-20)21(28)17-19(10-8-6-2)16-18(3)29-22(23,24)25/h2,10,16,20H,5,7-9,11-15,17H2,1,3-4H3/b18-16+,19-10+. The summed E-state index contributed by atoms with van der Waals surface area (Å²) in [7, 11) is 2.13. The van der Waals surface area contributed by atoms with E-state index in [0.29, 0.717) is 24.7 Å². The molecule has 1 rings (SSSR count). The number of terminal acetylenes is 1. The van der Waals surface area contributed by atoms with Gasteiger partial charge in [-0.2, -0.15) is 0 Å². The fourth-order valence-corrected chi connectivity index (χ4v) is 3.48. The Hall–Kier alpha value is -1.94. The molecule has 4 nitrogen and oxygen atoms in total. The van der Waals surface area contributed by atoms with E-state index in [1.54, 1.807) is 11.0 Å². The largest absolute Gasteiger partial charge is 0.572 e. The fraction of sp³-hybridized carbons (Fsp3) is 0.682. The Bertz CT molecular complexity index is 613. The van der Waals surface area contributed by atoms with Crippen molar-refractivity contribution in [1.29, 1.82) is 0 Å². The summed E-state index contributed by atoms with van der Waals surface area (Å²) >= 11 is 0. The number of unbranched alkanes of at least 4 members (excludes halogenated alkanes) is 2. The Balaban J connectivity index is 2.61. The van der Waals surface area contributed by atoms with Gasteiger partial charge in [-0.05, 0) is 51.4 Å². The first kappa shape index (κ1) is 25.1. The van der Waals surface area contributed by atoms with Gasteiger partial charge in [0.25, 0.3) is 0 Å². The Morgan fingerprint density at radius 2 is 1.97 bits per heavy atom. The first-order valence-corrected chi connectivity index (χ1v) is 10.2. The minimum absolute atomic E-state index is 0.0112. The third kappa shape index (κ3) is 10.4. The number of carbonyl (C=O) groups is 1. The van der Waals surface area contributed by atoms with E-state index in [1.165, 1.54) is 32.3 Å². The third-order valence-corrected chi connectivity index (χ3v) is 5.06. The number of alkyl halides is 3. The van der Waals surface area contributed by atoms with E-state index < -0.39 is 6.36 Å². The number of likely N-dealkylation sites (tertiary alicyclic amines) is 1. The molecule has 0 spiro atoms. The molecule has 0 aliphatic carbocycles. The van der Waals surface area contributed by atoms with Crippen LogP contribution in [0.4, 0.5) is 13.2 Å². The van der Waals surface area contributed by atoms with E-state index >= 15 is 0 Å². The van der Waals surface area contributed by atoms with Crippen LogP contribution in [0, 0.1) is 12.3 Å². The summed E-state index contributed by atoms with van der Waals surface area (Å²) in [6.07, 6.45) is 8.97. The fourth-order valence-electron chi connectivity index (χ4n) is 3.48. The predicted octanol–water partition coefficient (Wildman–Crippen LogP) is 4.88. The van der Waals surface area contributed by atoms with E-state index in [4.69, 9.17) is 6.42 Å². The van der Waals surface area contributed by atoms with Crippen LogP contribution in [0.3, 0.4) is 0 Å². The van der Waals surface area contributed by atoms with Crippen LogP contribution in [0.2, 0.25) is 0 Å². The lowest BCUT2D eigenvalue weighted by atomic mass is 10.0. The molecule has 7 heteroatoms. The van der Waals surface area contributed by atoms with E-state index in [9.17, 15) is 18.0 Å². The molecule has 1 saturated heterocycles. The van der Waals surface area contributed by atoms with Crippen molar-refractivity contribution in [3.63, 3.8) is 0 Å². The maximum Gasteiger partial charge on any atom is 0.572 e. The Morgan fingerprint density at radius 1 is 1.31 bits per heavy atom. The number of hydrogen-bond donors (Lipinski definition) is 0. The number of carbonyl (C=O) groups excluding carboxylic acids is 1. The molecule has 0 N–H and O–H groups in total. The van der Waals surface area contributed by atoms with Crippen molar-refractivity contribution in [2.24, 2.45) is 0 Å². The van der Waals surface area contributed by atoms with Gasteiger partial charge >= 0.3 is 6.36 Å². The molecule has 164 valence electrons. The number of allylic oxidation sites excluding steroid dienone is 3. The number of halogens is 3. The van der Waals surface area contributed by atoms with Crippen molar-refractivity contribution in [2.75, 3.05) is 26.7 Å². The zero-order chi connectivity index (χ0) is 21.9. The van der Waals surface area contributed by atoms with Gasteiger partial charge in [-0.1, -0.05) is 25.8 Å². The zero-order valence-corrected chi connectivity index (χ0v) is 17.7. The van der Waals surface area contributed by atoms with Crippen LogP contribution in [-0.2, 0) is 9.53 Å². The van der Waals surface area contributed by atoms with Gasteiger partial charge < -0.3 is 14.5 Å². The molecule has 1 aliphatic rings. The van der Waals surface area contributed by atoms with Crippen molar-refractivity contribution in [2.45, 2.75) is 71.2 Å². The highest BCUT2D eigenvalue weighted by Gasteiger charge is 2.31. The van der Waals surface area contributed by atoms with Crippen LogP contribution < -0.4 is 0 Å². The second-order valence-electron chi connectivity index (χ2n) is 7.47. The van der Waals surface area contributed by atoms with Gasteiger partial charge in [0.15, 0.2) is 0 Å². The lowest BCUT2D eigenvalue weighted by Gasteiger charge is -2.37. The molecule has 0 atom stereocenters. The lowest BCUT2D eigenvalue weighted by molar-refractivity contribution is -0.305. The van der Waals surface area contributed by atoms with Crippen LogP contribution in [-0.4, -0.2) is 54.8 Å². The first-order valence-electron chi connectivity index (χ1n) is 10.2. The highest BCUT2D eigenvalue weighted by atomic mass is 19.4. The van der Waals surface area contributed by atoms with Gasteiger partial charge in [0, 0.05) is 25.6 Å². The maximum atomic E-state index is 12.7. The van der Waals surface area contributed by atoms with Crippen LogP contribution in [0.5, 0.6) is 0 Å². The van der Waals surface area contributed by atoms with Gasteiger partial charge in [0.05, 0.1) is 6.42 Å². The molecule has 1 heterocycles. The van der Waals surface area contributed by atoms with Crippen molar-refractivity contribution in [1.82, 2.24) is 9.80 Å². The summed E-state index contributed by atoms with van der Waals surface area (Å²) in [5.41, 5.74) is 0.438. The average molecular weight is 415 g/mol. The minimum atomic E-state index is -4.76. The minimum Gasteiger partial charge on any atom is -0.411 e. The van der Waals surface area contributed by atoms with E-state index in [1.807, 2.05) is 0 Å². The summed E-state index contributed by atoms with van der Waals surface area (Å²) in [5, 5.41) is 0. The molecule has 0 aromatic carbocycles. The second-order valence-corrected chi connectivity index (χ2v) is 7.47. The normalized spacial score (nSPS) is 16.8. The summed E-state index contributed by atoms with van der Waals surface area (Å²) in [6.45, 7) is 5.77. The highest BCUT2D eigenvalue weighted by molar-refractivity contribution is 5.79. The number of rotatable bonds is 10. The van der Waals surface area contributed by atoms with Crippen LogP contribution >= 0.6 is 0 Å². The van der Waals surface area contributed by atoms with Gasteiger partial charge in [-0.15, -0.1) is 25.5 Å². The summed E-state index contributed by atoms with van der Waals surface area (Å²) < 4.78 is 41.0. The maximum absolute atomic E-state index is 12.7. The Labute approximate surface area is 172 Å². The van der Waals surface area contributed by atoms with Crippen molar-refractivity contribution < 1.29 is 22.7 Å². The average Bonchev–Trinajstić information content (AvgIpc) is 2.64. The van der Waals surface area contributed by atoms with Crippen molar-refractivity contribution >= 4 is 5.91 Å². The number of amides is 1. The van der Waals surface area contributed by atoms with Crippen molar-refractivity contribution in [3.05, 3.63) is 23.5 Å². The summed E-state index contributed by atoms with van der Waals surface area (Å²) in [6, 6.07) is 0.467. The molecule has 0 bridgehead atoms. The number of nitrogens with zero attached hydrogens (tertiary/aromatic N) is 2. The van der Waals surface area contributed by atoms with E-state index in [-0.39, 0.29) is 24.5 Å². The quantitative estimate of drug-likeness (QED) is 0.221. The molecular weight excluding hydrogens is 381 g/mol. The smallest absolute Gasteiger partial charge is 0.411 e. The molecule has 1 aliphatic heterocycles. The zero-order valence-electron chi connectivity index (χ0n) is 17.7. The molecule has 1 amide bonds. The SMILES string of the molecule is C#CC/C=C(\C=C(/C)OC(F)(F)F)CC(=O)N1CCC(N(C)CCCCC)CC1. The molecule has 0 unspecified atom stereocenters. The third-order valence-electron chi connectivity index (χ3n) is 5.06. The van der Waals surface area contributed by atoms with Gasteiger partial charge in [0.2, 0.25) is 5.91 Å². The number of hydrogen-bond acceptors (Lipinski definition) is 3. The van der Waals surface area contributed by atoms with E-state index in [0.717, 1.165) is 19.4 Å². The molecule has 0 saturated carbocycles. The van der Waals surface area contributed by atoms with Gasteiger partial charge in [0.1, 0.15) is 5.76 Å². The monoisotopic (exact) mass is 414 g/mol. The highest BCUT2D eigenvalue weighted by Crippen LogP contribution is 2.23. The molecule has 29 heavy (non-hydrogen) atoms. The Morgan fingerprint density at radius 3 is 2.52 bits per heavy atom. The molecule has 0 aromatic heterocycles. The second kappa shape index (κ2) is 12.6. The van der Waals surface area contributed by atoms with E-state index in [2.05, 4.69) is 29.5 Å². The molecule has 1 fully saturated rings. The molecular formula is C22H33F3N2O2. The topological polar surface area (TPSA) is 32.8 Å². The van der Waals surface area contributed by atoms with Gasteiger partial charge in [-0.25, -0.2) is 0 Å². The number of ether oxygens (including phenoxy) is 1. The van der Waals surface area contributed by atoms with Crippen LogP contribution in [0.15, 0.2) is 23.5 Å². The lowest BCUT2D eigenvalue weighted by Crippen LogP contribution is -2.45. The predicted molar refractivity (Wildman–Crippen MR) is 109 cm³/mol. The summed E-state index contributed by atoms with van der Waals surface area (Å²) in [4.78, 5) is 16.8. The molecule has 0 radical (unpaired) electrons. The van der Waals surface area contributed by atoms with Crippen LogP contribution in [0.1, 0.15) is 58.8 Å². The van der Waals surface area contributed by atoms with Gasteiger partial charge in [-0.3, -0.25) is 4.79 Å². The Kier molecular flexibility index (Phi) is 10.9. The molecule has 0 aromatic rings. The number of piperidine rings is 1.